The maximum absolute atomic E-state index is 13.7. The Bertz CT molecular complexity index is 1410. The van der Waals surface area contributed by atoms with Gasteiger partial charge in [0.15, 0.2) is 20.7 Å². The molecule has 0 radical (unpaired) electrons. The number of aromatic nitrogens is 5. The Hall–Kier alpha value is -3.43. The third kappa shape index (κ3) is 4.15. The number of fused-ring (bicyclic) bond motifs is 1. The highest BCUT2D eigenvalue weighted by molar-refractivity contribution is 7.91. The predicted molar refractivity (Wildman–Crippen MR) is 108 cm³/mol. The van der Waals surface area contributed by atoms with Crippen molar-refractivity contribution in [1.29, 1.82) is 0 Å². The van der Waals surface area contributed by atoms with E-state index >= 15 is 0 Å². The average molecular weight is 522 g/mol. The lowest BCUT2D eigenvalue weighted by Crippen LogP contribution is -2.26. The molecule has 0 fully saturated rings. The molecule has 4 heterocycles. The second-order valence-electron chi connectivity index (χ2n) is 7.55. The Balaban J connectivity index is 1.83. The molecule has 0 spiro atoms. The van der Waals surface area contributed by atoms with Crippen molar-refractivity contribution >= 4 is 21.6 Å². The summed E-state index contributed by atoms with van der Waals surface area (Å²) in [5.41, 5.74) is -1.56. The van der Waals surface area contributed by atoms with E-state index in [0.717, 1.165) is 21.9 Å². The van der Waals surface area contributed by atoms with Crippen molar-refractivity contribution in [3.63, 3.8) is 0 Å². The molecule has 9 nitrogen and oxygen atoms in total. The first-order valence-electron chi connectivity index (χ1n) is 9.90. The number of anilines is 1. The molecule has 1 amide bonds. The van der Waals surface area contributed by atoms with Crippen LogP contribution in [0.25, 0.3) is 11.4 Å². The second-order valence-corrected chi connectivity index (χ2v) is 9.74. The Labute approximate surface area is 193 Å². The van der Waals surface area contributed by atoms with Gasteiger partial charge in [0, 0.05) is 19.4 Å². The standard InChI is InChI=1S/C19H16F6N6O3S/c1-3-35(33,34)18-16(28-15(29(18)2)9-5-27-31(7-9)14(22)13(20)21)30-8-12-11(17(30)32)4-10(6-26-12)19(23,24)25/h4-7,13-14H,3,8H2,1-2H3. The van der Waals surface area contributed by atoms with Crippen molar-refractivity contribution in [2.45, 2.75) is 37.4 Å². The summed E-state index contributed by atoms with van der Waals surface area (Å²) < 4.78 is 105. The minimum atomic E-state index is -4.75. The minimum absolute atomic E-state index is 0.0138. The molecule has 0 saturated carbocycles. The summed E-state index contributed by atoms with van der Waals surface area (Å²) in [6.07, 6.45) is -8.44. The van der Waals surface area contributed by atoms with Gasteiger partial charge >= 0.3 is 6.18 Å². The number of nitrogens with zero attached hydrogens (tertiary/aromatic N) is 6. The number of hydrogen-bond acceptors (Lipinski definition) is 6. The molecule has 0 N–H and O–H groups in total. The number of pyridine rings is 1. The smallest absolute Gasteiger partial charge is 0.316 e. The molecular weight excluding hydrogens is 506 g/mol. The summed E-state index contributed by atoms with van der Waals surface area (Å²) in [4.78, 5) is 21.7. The predicted octanol–water partition coefficient (Wildman–Crippen LogP) is 3.38. The lowest BCUT2D eigenvalue weighted by atomic mass is 10.1. The van der Waals surface area contributed by atoms with Gasteiger partial charge in [-0.15, -0.1) is 0 Å². The fourth-order valence-electron chi connectivity index (χ4n) is 3.59. The molecule has 0 bridgehead atoms. The summed E-state index contributed by atoms with van der Waals surface area (Å²) in [5.74, 6) is -1.90. The second kappa shape index (κ2) is 8.35. The molecule has 0 aliphatic carbocycles. The molecule has 3 aromatic rings. The topological polar surface area (TPSA) is 103 Å². The molecule has 1 atom stereocenters. The van der Waals surface area contributed by atoms with Gasteiger partial charge in [-0.05, 0) is 6.07 Å². The van der Waals surface area contributed by atoms with Crippen molar-refractivity contribution in [2.75, 3.05) is 10.7 Å². The minimum Gasteiger partial charge on any atom is -0.316 e. The number of imidazole rings is 1. The van der Waals surface area contributed by atoms with E-state index < -0.39 is 51.0 Å². The van der Waals surface area contributed by atoms with E-state index in [4.69, 9.17) is 0 Å². The van der Waals surface area contributed by atoms with Crippen LogP contribution in [0.3, 0.4) is 0 Å². The quantitative estimate of drug-likeness (QED) is 0.460. The third-order valence-electron chi connectivity index (χ3n) is 5.36. The van der Waals surface area contributed by atoms with Gasteiger partial charge in [0.05, 0.1) is 40.9 Å². The highest BCUT2D eigenvalue weighted by Gasteiger charge is 2.40. The van der Waals surface area contributed by atoms with Crippen LogP contribution in [0.4, 0.5) is 32.2 Å². The van der Waals surface area contributed by atoms with Gasteiger partial charge in [0.1, 0.15) is 5.82 Å². The van der Waals surface area contributed by atoms with Gasteiger partial charge in [-0.1, -0.05) is 6.92 Å². The van der Waals surface area contributed by atoms with Gasteiger partial charge in [-0.2, -0.15) is 18.3 Å². The van der Waals surface area contributed by atoms with Crippen LogP contribution in [0.2, 0.25) is 0 Å². The first kappa shape index (κ1) is 24.7. The Kier molecular flexibility index (Phi) is 5.89. The number of sulfone groups is 1. The lowest BCUT2D eigenvalue weighted by Gasteiger charge is -2.15. The van der Waals surface area contributed by atoms with Crippen LogP contribution in [0, 0.1) is 0 Å². The Morgan fingerprint density at radius 2 is 1.86 bits per heavy atom. The zero-order valence-corrected chi connectivity index (χ0v) is 18.8. The molecule has 1 unspecified atom stereocenters. The van der Waals surface area contributed by atoms with Crippen LogP contribution in [-0.2, 0) is 29.6 Å². The van der Waals surface area contributed by atoms with Gasteiger partial charge in [-0.3, -0.25) is 14.7 Å². The van der Waals surface area contributed by atoms with E-state index in [9.17, 15) is 39.6 Å². The largest absolute Gasteiger partial charge is 0.417 e. The zero-order valence-electron chi connectivity index (χ0n) is 18.0. The van der Waals surface area contributed by atoms with Crippen LogP contribution in [0.5, 0.6) is 0 Å². The number of hydrogen-bond donors (Lipinski definition) is 0. The van der Waals surface area contributed by atoms with E-state index in [1.165, 1.54) is 14.0 Å². The van der Waals surface area contributed by atoms with E-state index in [2.05, 4.69) is 15.1 Å². The molecule has 35 heavy (non-hydrogen) atoms. The van der Waals surface area contributed by atoms with Crippen LogP contribution < -0.4 is 4.90 Å². The third-order valence-corrected chi connectivity index (χ3v) is 7.16. The van der Waals surface area contributed by atoms with Crippen molar-refractivity contribution in [3.05, 3.63) is 41.5 Å². The van der Waals surface area contributed by atoms with E-state index in [-0.39, 0.29) is 35.0 Å². The number of rotatable bonds is 6. The molecular formula is C19H16F6N6O3S. The highest BCUT2D eigenvalue weighted by atomic mass is 32.2. The fourth-order valence-corrected chi connectivity index (χ4v) is 4.80. The van der Waals surface area contributed by atoms with Crippen LogP contribution in [-0.4, -0.2) is 50.8 Å². The number of carbonyl (C=O) groups is 1. The van der Waals surface area contributed by atoms with E-state index in [1.807, 2.05) is 0 Å². The fraction of sp³-hybridized carbons (Fsp3) is 0.368. The van der Waals surface area contributed by atoms with Crippen LogP contribution in [0.1, 0.15) is 34.8 Å². The Morgan fingerprint density at radius 1 is 1.17 bits per heavy atom. The van der Waals surface area contributed by atoms with Gasteiger partial charge in [0.2, 0.25) is 0 Å². The van der Waals surface area contributed by atoms with Gasteiger partial charge < -0.3 is 4.57 Å². The molecule has 0 saturated heterocycles. The van der Waals surface area contributed by atoms with Crippen molar-refractivity contribution < 1.29 is 39.6 Å². The summed E-state index contributed by atoms with van der Waals surface area (Å²) >= 11 is 0. The monoisotopic (exact) mass is 522 g/mol. The van der Waals surface area contributed by atoms with Crippen LogP contribution in [0.15, 0.2) is 29.7 Å². The number of halogens is 6. The lowest BCUT2D eigenvalue weighted by molar-refractivity contribution is -0.137. The molecule has 0 aromatic carbocycles. The van der Waals surface area contributed by atoms with Gasteiger partial charge in [-0.25, -0.2) is 31.3 Å². The maximum atomic E-state index is 13.7. The molecule has 16 heteroatoms. The van der Waals surface area contributed by atoms with Crippen molar-refractivity contribution in [1.82, 2.24) is 24.3 Å². The average Bonchev–Trinajstić information content (AvgIpc) is 3.48. The SMILES string of the molecule is CCS(=O)(=O)c1c(N2Cc3ncc(C(F)(F)F)cc3C2=O)nc(-c2cnn(C(F)C(F)F)c2)n1C. The maximum Gasteiger partial charge on any atom is 0.417 e. The molecule has 1 aliphatic heterocycles. The number of alkyl halides is 6. The normalized spacial score (nSPS) is 15.2. The van der Waals surface area contributed by atoms with Crippen LogP contribution >= 0.6 is 0 Å². The summed E-state index contributed by atoms with van der Waals surface area (Å²) in [5, 5.41) is 3.08. The highest BCUT2D eigenvalue weighted by Crippen LogP contribution is 2.37. The van der Waals surface area contributed by atoms with Crippen molar-refractivity contribution in [3.8, 4) is 11.4 Å². The summed E-state index contributed by atoms with van der Waals surface area (Å²) in [6.45, 7) is 0.976. The number of carbonyl (C=O) groups excluding carboxylic acids is 1. The van der Waals surface area contributed by atoms with E-state index in [0.29, 0.717) is 16.9 Å². The van der Waals surface area contributed by atoms with E-state index in [1.54, 1.807) is 0 Å². The van der Waals surface area contributed by atoms with Gasteiger partial charge in [0.25, 0.3) is 18.6 Å². The molecule has 4 rings (SSSR count). The summed E-state index contributed by atoms with van der Waals surface area (Å²) in [7, 11) is -2.79. The molecule has 1 aliphatic rings. The van der Waals surface area contributed by atoms with Crippen molar-refractivity contribution in [2.24, 2.45) is 7.05 Å². The molecule has 188 valence electrons. The summed E-state index contributed by atoms with van der Waals surface area (Å²) in [6, 6.07) is 0.623. The number of amides is 1. The first-order valence-corrected chi connectivity index (χ1v) is 11.6. The zero-order chi connectivity index (χ0) is 25.9. The molecule has 3 aromatic heterocycles. The first-order chi connectivity index (χ1) is 16.3. The Morgan fingerprint density at radius 3 is 2.46 bits per heavy atom.